The van der Waals surface area contributed by atoms with Crippen molar-refractivity contribution in [1.29, 1.82) is 0 Å². The number of piperazine rings is 1. The van der Waals surface area contributed by atoms with Crippen LogP contribution in [0.15, 0.2) is 22.7 Å². The lowest BCUT2D eigenvalue weighted by Crippen LogP contribution is -2.54. The second-order valence-corrected chi connectivity index (χ2v) is 7.25. The van der Waals surface area contributed by atoms with Crippen molar-refractivity contribution >= 4 is 21.6 Å². The third-order valence-corrected chi connectivity index (χ3v) is 5.42. The maximum atomic E-state index is 3.77. The Balaban J connectivity index is 1.71. The van der Waals surface area contributed by atoms with Crippen LogP contribution in [0.2, 0.25) is 0 Å². The topological polar surface area (TPSA) is 15.3 Å². The third kappa shape index (κ3) is 3.20. The molecule has 2 aliphatic rings. The number of anilines is 1. The zero-order valence-corrected chi connectivity index (χ0v) is 14.0. The van der Waals surface area contributed by atoms with E-state index in [-0.39, 0.29) is 0 Å². The van der Waals surface area contributed by atoms with Gasteiger partial charge in [-0.3, -0.25) is 0 Å². The van der Waals surface area contributed by atoms with Crippen molar-refractivity contribution in [2.45, 2.75) is 45.1 Å². The minimum atomic E-state index is 0.687. The number of hydrogen-bond acceptors (Lipinski definition) is 2. The normalized spacial score (nSPS) is 24.9. The van der Waals surface area contributed by atoms with Crippen molar-refractivity contribution in [3.8, 4) is 0 Å². The fraction of sp³-hybridized carbons (Fsp3) is 0.647. The largest absolute Gasteiger partial charge is 0.368 e. The van der Waals surface area contributed by atoms with E-state index in [1.54, 1.807) is 0 Å². The summed E-state index contributed by atoms with van der Waals surface area (Å²) in [5.74, 6) is 0.891. The molecule has 1 heterocycles. The first-order valence-corrected chi connectivity index (χ1v) is 8.78. The lowest BCUT2D eigenvalue weighted by molar-refractivity contribution is 0.257. The Bertz CT molecular complexity index is 454. The highest BCUT2D eigenvalue weighted by atomic mass is 79.9. The highest BCUT2D eigenvalue weighted by Gasteiger charge is 2.28. The van der Waals surface area contributed by atoms with E-state index in [1.807, 2.05) is 0 Å². The molecule has 1 aromatic rings. The number of nitrogens with zero attached hydrogens (tertiary/aromatic N) is 1. The summed E-state index contributed by atoms with van der Waals surface area (Å²) in [7, 11) is 0. The predicted molar refractivity (Wildman–Crippen MR) is 89.5 cm³/mol. The summed E-state index contributed by atoms with van der Waals surface area (Å²) in [4.78, 5) is 2.58. The molecule has 1 atom stereocenters. The molecule has 1 saturated heterocycles. The maximum Gasteiger partial charge on any atom is 0.0397 e. The molecule has 110 valence electrons. The molecule has 1 aromatic carbocycles. The van der Waals surface area contributed by atoms with Crippen LogP contribution in [0, 0.1) is 12.8 Å². The van der Waals surface area contributed by atoms with Gasteiger partial charge < -0.3 is 10.2 Å². The van der Waals surface area contributed by atoms with Gasteiger partial charge in [-0.1, -0.05) is 35.2 Å². The Hall–Kier alpha value is -0.540. The zero-order chi connectivity index (χ0) is 13.9. The van der Waals surface area contributed by atoms with Gasteiger partial charge in [0.1, 0.15) is 0 Å². The van der Waals surface area contributed by atoms with E-state index in [2.05, 4.69) is 51.3 Å². The molecule has 3 rings (SSSR count). The van der Waals surface area contributed by atoms with Gasteiger partial charge in [0, 0.05) is 35.8 Å². The van der Waals surface area contributed by atoms with Crippen LogP contribution in [-0.2, 0) is 0 Å². The molecule has 2 nitrogen and oxygen atoms in total. The van der Waals surface area contributed by atoms with E-state index in [4.69, 9.17) is 0 Å². The van der Waals surface area contributed by atoms with Crippen LogP contribution < -0.4 is 10.2 Å². The fourth-order valence-electron chi connectivity index (χ4n) is 3.82. The monoisotopic (exact) mass is 336 g/mol. The third-order valence-electron chi connectivity index (χ3n) is 4.92. The van der Waals surface area contributed by atoms with Crippen LogP contribution in [0.1, 0.15) is 37.7 Å². The van der Waals surface area contributed by atoms with E-state index >= 15 is 0 Å². The molecule has 0 bridgehead atoms. The number of nitrogens with one attached hydrogen (secondary N) is 1. The Labute approximate surface area is 131 Å². The Morgan fingerprint density at radius 2 is 2.00 bits per heavy atom. The molecule has 1 aliphatic carbocycles. The van der Waals surface area contributed by atoms with Crippen molar-refractivity contribution in [2.75, 3.05) is 24.5 Å². The van der Waals surface area contributed by atoms with E-state index in [0.29, 0.717) is 6.04 Å². The van der Waals surface area contributed by atoms with E-state index in [0.717, 1.165) is 19.0 Å². The summed E-state index contributed by atoms with van der Waals surface area (Å²) in [5.41, 5.74) is 2.79. The standard InChI is InChI=1S/C17H25BrN2/c1-13-11-15(18)7-8-17(13)20-10-9-19-16(12-20)14-5-3-2-4-6-14/h7-8,11,14,16,19H,2-6,9-10,12H2,1H3. The molecule has 0 spiro atoms. The van der Waals surface area contributed by atoms with Gasteiger partial charge in [-0.25, -0.2) is 0 Å². The number of rotatable bonds is 2. The highest BCUT2D eigenvalue weighted by Crippen LogP contribution is 2.30. The van der Waals surface area contributed by atoms with Crippen LogP contribution in [0.3, 0.4) is 0 Å². The minimum Gasteiger partial charge on any atom is -0.368 e. The van der Waals surface area contributed by atoms with E-state index < -0.39 is 0 Å². The van der Waals surface area contributed by atoms with Gasteiger partial charge in [-0.2, -0.15) is 0 Å². The van der Waals surface area contributed by atoms with Gasteiger partial charge in [-0.15, -0.1) is 0 Å². The number of aryl methyl sites for hydroxylation is 1. The molecular formula is C17H25BrN2. The second-order valence-electron chi connectivity index (χ2n) is 6.34. The first-order chi connectivity index (χ1) is 9.74. The zero-order valence-electron chi connectivity index (χ0n) is 12.4. The summed E-state index contributed by atoms with van der Waals surface area (Å²) < 4.78 is 1.18. The molecular weight excluding hydrogens is 312 g/mol. The predicted octanol–water partition coefficient (Wildman–Crippen LogP) is 4.12. The smallest absolute Gasteiger partial charge is 0.0397 e. The van der Waals surface area contributed by atoms with Crippen molar-refractivity contribution in [2.24, 2.45) is 5.92 Å². The molecule has 1 unspecified atom stereocenters. The first kappa shape index (κ1) is 14.4. The van der Waals surface area contributed by atoms with Gasteiger partial charge in [0.2, 0.25) is 0 Å². The average Bonchev–Trinajstić information content (AvgIpc) is 2.48. The average molecular weight is 337 g/mol. The number of hydrogen-bond donors (Lipinski definition) is 1. The Morgan fingerprint density at radius 1 is 1.20 bits per heavy atom. The minimum absolute atomic E-state index is 0.687. The quantitative estimate of drug-likeness (QED) is 0.873. The first-order valence-electron chi connectivity index (χ1n) is 7.98. The van der Waals surface area contributed by atoms with Gasteiger partial charge in [0.05, 0.1) is 0 Å². The molecule has 1 N–H and O–H groups in total. The Kier molecular flexibility index (Phi) is 4.67. The molecule has 0 radical (unpaired) electrons. The van der Waals surface area contributed by atoms with Crippen LogP contribution >= 0.6 is 15.9 Å². The van der Waals surface area contributed by atoms with Gasteiger partial charge >= 0.3 is 0 Å². The summed E-state index contributed by atoms with van der Waals surface area (Å²) in [6.07, 6.45) is 7.15. The molecule has 1 saturated carbocycles. The second kappa shape index (κ2) is 6.48. The number of halogens is 1. The van der Waals surface area contributed by atoms with Crippen molar-refractivity contribution in [3.63, 3.8) is 0 Å². The van der Waals surface area contributed by atoms with Crippen LogP contribution in [0.4, 0.5) is 5.69 Å². The van der Waals surface area contributed by atoms with Crippen molar-refractivity contribution in [1.82, 2.24) is 5.32 Å². The molecule has 2 fully saturated rings. The lowest BCUT2D eigenvalue weighted by Gasteiger charge is -2.40. The lowest BCUT2D eigenvalue weighted by atomic mass is 9.83. The van der Waals surface area contributed by atoms with Crippen molar-refractivity contribution in [3.05, 3.63) is 28.2 Å². The maximum absolute atomic E-state index is 3.77. The van der Waals surface area contributed by atoms with Gasteiger partial charge in [0.25, 0.3) is 0 Å². The SMILES string of the molecule is Cc1cc(Br)ccc1N1CCNC(C2CCCCC2)C1. The fourth-order valence-corrected chi connectivity index (χ4v) is 4.30. The van der Waals surface area contributed by atoms with Gasteiger partial charge in [0.15, 0.2) is 0 Å². The summed E-state index contributed by atoms with van der Waals surface area (Å²) in [5, 5.41) is 3.77. The van der Waals surface area contributed by atoms with E-state index in [1.165, 1.54) is 54.4 Å². The van der Waals surface area contributed by atoms with Crippen LogP contribution in [0.25, 0.3) is 0 Å². The molecule has 0 amide bonds. The molecule has 1 aliphatic heterocycles. The summed E-state index contributed by atoms with van der Waals surface area (Å²) >= 11 is 3.56. The Morgan fingerprint density at radius 3 is 2.75 bits per heavy atom. The molecule has 20 heavy (non-hydrogen) atoms. The van der Waals surface area contributed by atoms with Crippen LogP contribution in [-0.4, -0.2) is 25.7 Å². The van der Waals surface area contributed by atoms with Crippen molar-refractivity contribution < 1.29 is 0 Å². The molecule has 0 aromatic heterocycles. The molecule has 3 heteroatoms. The number of benzene rings is 1. The van der Waals surface area contributed by atoms with Crippen LogP contribution in [0.5, 0.6) is 0 Å². The summed E-state index contributed by atoms with van der Waals surface area (Å²) in [6.45, 7) is 5.65. The van der Waals surface area contributed by atoms with Gasteiger partial charge in [-0.05, 0) is 49.4 Å². The van der Waals surface area contributed by atoms with E-state index in [9.17, 15) is 0 Å². The summed E-state index contributed by atoms with van der Waals surface area (Å²) in [6, 6.07) is 7.35. The highest BCUT2D eigenvalue weighted by molar-refractivity contribution is 9.10.